The van der Waals surface area contributed by atoms with Gasteiger partial charge in [0.1, 0.15) is 0 Å². The quantitative estimate of drug-likeness (QED) is 0.506. The topological polar surface area (TPSA) is 85.4 Å². The smallest absolute Gasteiger partial charge is 0.408 e. The number of rotatable bonds is 5. The second-order valence-electron chi connectivity index (χ2n) is 6.65. The number of aromatic nitrogens is 2. The van der Waals surface area contributed by atoms with Gasteiger partial charge in [0.2, 0.25) is 10.0 Å². The lowest BCUT2D eigenvalue weighted by Crippen LogP contribution is -2.32. The molecule has 4 rings (SSSR count). The van der Waals surface area contributed by atoms with Gasteiger partial charge in [0.05, 0.1) is 22.1 Å². The fourth-order valence-corrected chi connectivity index (χ4v) is 4.66. The van der Waals surface area contributed by atoms with Crippen LogP contribution in [0.25, 0.3) is 11.1 Å². The van der Waals surface area contributed by atoms with E-state index in [1.165, 1.54) is 28.1 Å². The summed E-state index contributed by atoms with van der Waals surface area (Å²) >= 11 is 0. The van der Waals surface area contributed by atoms with Crippen molar-refractivity contribution in [2.45, 2.75) is 10.9 Å². The van der Waals surface area contributed by atoms with E-state index in [9.17, 15) is 13.2 Å². The summed E-state index contributed by atoms with van der Waals surface area (Å²) in [6.07, 6.45) is 1.64. The Hall–Kier alpha value is -3.23. The van der Waals surface area contributed by atoms with Gasteiger partial charge in [-0.3, -0.25) is 9.55 Å². The van der Waals surface area contributed by atoms with Crippen molar-refractivity contribution < 1.29 is 12.8 Å². The SMILES string of the molecule is CN(C(c1ccccc1)c1ccccn1)S(=O)(=O)c1ccc2c(c1)oc(=O)n2C. The monoisotopic (exact) mass is 409 g/mol. The van der Waals surface area contributed by atoms with Crippen molar-refractivity contribution in [3.8, 4) is 0 Å². The fraction of sp³-hybridized carbons (Fsp3) is 0.143. The molecule has 0 aliphatic carbocycles. The van der Waals surface area contributed by atoms with E-state index in [1.54, 1.807) is 31.4 Å². The summed E-state index contributed by atoms with van der Waals surface area (Å²) < 4.78 is 34.6. The van der Waals surface area contributed by atoms with Crippen LogP contribution in [0.1, 0.15) is 17.3 Å². The van der Waals surface area contributed by atoms with Crippen LogP contribution in [0.3, 0.4) is 0 Å². The van der Waals surface area contributed by atoms with E-state index in [1.807, 2.05) is 36.4 Å². The van der Waals surface area contributed by atoms with Crippen molar-refractivity contribution in [2.75, 3.05) is 7.05 Å². The van der Waals surface area contributed by atoms with Crippen LogP contribution in [-0.2, 0) is 17.1 Å². The highest BCUT2D eigenvalue weighted by atomic mass is 32.2. The standard InChI is InChI=1S/C21H19N3O4S/c1-23-18-12-11-16(14-19(18)28-21(23)25)29(26,27)24(2)20(15-8-4-3-5-9-15)17-10-6-7-13-22-17/h3-14,20H,1-2H3. The molecule has 0 spiro atoms. The average Bonchev–Trinajstić information content (AvgIpc) is 3.03. The Morgan fingerprint density at radius 3 is 2.45 bits per heavy atom. The molecule has 0 radical (unpaired) electrons. The van der Waals surface area contributed by atoms with E-state index < -0.39 is 21.8 Å². The van der Waals surface area contributed by atoms with Gasteiger partial charge in [0, 0.05) is 26.4 Å². The Labute approximate surface area is 167 Å². The number of aryl methyl sites for hydroxylation is 1. The zero-order chi connectivity index (χ0) is 20.6. The van der Waals surface area contributed by atoms with E-state index in [2.05, 4.69) is 4.98 Å². The summed E-state index contributed by atoms with van der Waals surface area (Å²) in [5.74, 6) is -0.543. The van der Waals surface area contributed by atoms with E-state index in [0.29, 0.717) is 11.2 Å². The Kier molecular flexibility index (Phi) is 4.81. The van der Waals surface area contributed by atoms with Crippen molar-refractivity contribution in [1.29, 1.82) is 0 Å². The molecule has 0 aliphatic rings. The third-order valence-electron chi connectivity index (χ3n) is 4.89. The predicted molar refractivity (Wildman–Crippen MR) is 109 cm³/mol. The van der Waals surface area contributed by atoms with Crippen LogP contribution < -0.4 is 5.76 Å². The lowest BCUT2D eigenvalue weighted by Gasteiger charge is -2.27. The molecule has 8 heteroatoms. The Bertz CT molecular complexity index is 1270. The minimum atomic E-state index is -3.91. The zero-order valence-corrected chi connectivity index (χ0v) is 16.7. The largest absolute Gasteiger partial charge is 0.419 e. The molecule has 4 aromatic rings. The van der Waals surface area contributed by atoms with Gasteiger partial charge in [-0.1, -0.05) is 36.4 Å². The van der Waals surface area contributed by atoms with Gasteiger partial charge >= 0.3 is 5.76 Å². The summed E-state index contributed by atoms with van der Waals surface area (Å²) in [6, 6.07) is 18.5. The molecule has 2 aromatic carbocycles. The maximum Gasteiger partial charge on any atom is 0.419 e. The molecule has 2 heterocycles. The van der Waals surface area contributed by atoms with Gasteiger partial charge in [0.25, 0.3) is 0 Å². The van der Waals surface area contributed by atoms with E-state index >= 15 is 0 Å². The number of sulfonamides is 1. The second kappa shape index (κ2) is 7.31. The first kappa shape index (κ1) is 19.1. The van der Waals surface area contributed by atoms with Crippen molar-refractivity contribution in [1.82, 2.24) is 13.9 Å². The van der Waals surface area contributed by atoms with Crippen LogP contribution in [0.4, 0.5) is 0 Å². The fourth-order valence-electron chi connectivity index (χ4n) is 3.32. The van der Waals surface area contributed by atoms with E-state index in [0.717, 1.165) is 5.56 Å². The van der Waals surface area contributed by atoms with Crippen LogP contribution in [0.2, 0.25) is 0 Å². The molecule has 0 aliphatic heterocycles. The van der Waals surface area contributed by atoms with Crippen molar-refractivity contribution in [3.63, 3.8) is 0 Å². The van der Waals surface area contributed by atoms with E-state index in [-0.39, 0.29) is 10.5 Å². The highest BCUT2D eigenvalue weighted by Gasteiger charge is 2.31. The van der Waals surface area contributed by atoms with Gasteiger partial charge in [-0.05, 0) is 29.8 Å². The predicted octanol–water partition coefficient (Wildman–Crippen LogP) is 2.94. The number of nitrogens with zero attached hydrogens (tertiary/aromatic N) is 3. The van der Waals surface area contributed by atoms with Crippen LogP contribution in [0.5, 0.6) is 0 Å². The van der Waals surface area contributed by atoms with Gasteiger partial charge in [-0.15, -0.1) is 0 Å². The lowest BCUT2D eigenvalue weighted by atomic mass is 10.0. The first-order valence-electron chi connectivity index (χ1n) is 8.93. The van der Waals surface area contributed by atoms with Gasteiger partial charge in [-0.25, -0.2) is 13.2 Å². The molecule has 0 saturated carbocycles. The van der Waals surface area contributed by atoms with Crippen LogP contribution >= 0.6 is 0 Å². The normalized spacial score (nSPS) is 13.1. The Balaban J connectivity index is 1.83. The number of oxazole rings is 1. The molecule has 0 bridgehead atoms. The maximum absolute atomic E-state index is 13.4. The summed E-state index contributed by atoms with van der Waals surface area (Å²) in [6.45, 7) is 0. The molecule has 0 N–H and O–H groups in total. The number of benzene rings is 2. The molecule has 7 nitrogen and oxygen atoms in total. The average molecular weight is 409 g/mol. The number of pyridine rings is 1. The van der Waals surface area contributed by atoms with Gasteiger partial charge in [-0.2, -0.15) is 4.31 Å². The van der Waals surface area contributed by atoms with Crippen LogP contribution in [-0.4, -0.2) is 29.3 Å². The third-order valence-corrected chi connectivity index (χ3v) is 6.71. The molecule has 29 heavy (non-hydrogen) atoms. The summed E-state index contributed by atoms with van der Waals surface area (Å²) in [4.78, 5) is 16.2. The van der Waals surface area contributed by atoms with E-state index in [4.69, 9.17) is 4.42 Å². The highest BCUT2D eigenvalue weighted by Crippen LogP contribution is 2.31. The summed E-state index contributed by atoms with van der Waals surface area (Å²) in [7, 11) is -0.816. The molecule has 0 amide bonds. The lowest BCUT2D eigenvalue weighted by molar-refractivity contribution is 0.411. The zero-order valence-electron chi connectivity index (χ0n) is 15.9. The molecular formula is C21H19N3O4S. The van der Waals surface area contributed by atoms with Crippen LogP contribution in [0, 0.1) is 0 Å². The summed E-state index contributed by atoms with van der Waals surface area (Å²) in [5, 5.41) is 0. The minimum absolute atomic E-state index is 0.0405. The summed E-state index contributed by atoms with van der Waals surface area (Å²) in [5.41, 5.74) is 2.16. The molecule has 1 atom stereocenters. The number of hydrogen-bond acceptors (Lipinski definition) is 5. The Morgan fingerprint density at radius 1 is 1.03 bits per heavy atom. The van der Waals surface area contributed by atoms with Crippen molar-refractivity contribution in [2.24, 2.45) is 7.05 Å². The first-order valence-corrected chi connectivity index (χ1v) is 10.4. The molecule has 0 saturated heterocycles. The molecule has 2 aromatic heterocycles. The Morgan fingerprint density at radius 2 is 1.76 bits per heavy atom. The van der Waals surface area contributed by atoms with Crippen molar-refractivity contribution >= 4 is 21.1 Å². The molecule has 148 valence electrons. The first-order chi connectivity index (χ1) is 13.9. The molecular weight excluding hydrogens is 390 g/mol. The van der Waals surface area contributed by atoms with Crippen molar-refractivity contribution in [3.05, 3.63) is 94.7 Å². The third kappa shape index (κ3) is 3.37. The number of hydrogen-bond donors (Lipinski definition) is 0. The molecule has 1 unspecified atom stereocenters. The maximum atomic E-state index is 13.4. The van der Waals surface area contributed by atoms with Gasteiger partial charge < -0.3 is 4.42 Å². The molecule has 0 fully saturated rings. The van der Waals surface area contributed by atoms with Gasteiger partial charge in [0.15, 0.2) is 5.58 Å². The second-order valence-corrected chi connectivity index (χ2v) is 8.64. The highest BCUT2D eigenvalue weighted by molar-refractivity contribution is 7.89. The minimum Gasteiger partial charge on any atom is -0.408 e. The number of fused-ring (bicyclic) bond motifs is 1. The van der Waals surface area contributed by atoms with Crippen LogP contribution in [0.15, 0.2) is 87.0 Å².